The van der Waals surface area contributed by atoms with Gasteiger partial charge in [-0.05, 0) is 38.1 Å². The summed E-state index contributed by atoms with van der Waals surface area (Å²) in [5.74, 6) is 0.359. The molecule has 2 aromatic heterocycles. The number of morpholine rings is 1. The second-order valence-electron chi connectivity index (χ2n) is 9.20. The summed E-state index contributed by atoms with van der Waals surface area (Å²) in [7, 11) is 0. The highest BCUT2D eigenvalue weighted by Crippen LogP contribution is 2.30. The summed E-state index contributed by atoms with van der Waals surface area (Å²) >= 11 is 6.27. The van der Waals surface area contributed by atoms with E-state index in [-0.39, 0.29) is 28.7 Å². The van der Waals surface area contributed by atoms with E-state index in [9.17, 15) is 9.18 Å². The van der Waals surface area contributed by atoms with Gasteiger partial charge in [-0.3, -0.25) is 0 Å². The van der Waals surface area contributed by atoms with Crippen LogP contribution in [-0.2, 0) is 4.74 Å². The number of carboxylic acid groups (broad SMARTS) is 1. The first-order chi connectivity index (χ1) is 17.8. The van der Waals surface area contributed by atoms with Crippen molar-refractivity contribution in [3.63, 3.8) is 0 Å². The minimum Gasteiger partial charge on any atom is -0.476 e. The van der Waals surface area contributed by atoms with Gasteiger partial charge in [0.25, 0.3) is 0 Å². The Morgan fingerprint density at radius 2 is 1.86 bits per heavy atom. The molecule has 2 fully saturated rings. The number of carbonyl (C=O) groups is 1. The molecule has 4 heterocycles. The van der Waals surface area contributed by atoms with Crippen molar-refractivity contribution in [3.8, 4) is 11.3 Å². The highest BCUT2D eigenvalue weighted by molar-refractivity contribution is 6.31. The first-order valence-electron chi connectivity index (χ1n) is 12.1. The highest BCUT2D eigenvalue weighted by atomic mass is 35.5. The molecule has 2 unspecified atom stereocenters. The Morgan fingerprint density at radius 3 is 2.54 bits per heavy atom. The van der Waals surface area contributed by atoms with E-state index in [1.807, 2.05) is 11.0 Å². The van der Waals surface area contributed by atoms with Crippen molar-refractivity contribution >= 4 is 35.2 Å². The molecular weight excluding hydrogens is 501 g/mol. The largest absolute Gasteiger partial charge is 0.476 e. The monoisotopic (exact) mass is 527 g/mol. The van der Waals surface area contributed by atoms with E-state index < -0.39 is 5.97 Å². The number of hydrogen-bond donors (Lipinski definition) is 1. The molecule has 0 amide bonds. The van der Waals surface area contributed by atoms with Gasteiger partial charge < -0.3 is 24.5 Å². The third-order valence-corrected chi connectivity index (χ3v) is 6.87. The van der Waals surface area contributed by atoms with Crippen LogP contribution in [0.1, 0.15) is 24.3 Å². The van der Waals surface area contributed by atoms with Crippen LogP contribution in [0.5, 0.6) is 0 Å². The Morgan fingerprint density at radius 1 is 1.08 bits per heavy atom. The fraction of sp³-hybridized carbons (Fsp3) is 0.400. The Bertz CT molecular complexity index is 1300. The number of aromatic carboxylic acids is 1. The van der Waals surface area contributed by atoms with Crippen LogP contribution in [0.4, 0.5) is 22.0 Å². The van der Waals surface area contributed by atoms with Gasteiger partial charge in [0, 0.05) is 43.9 Å². The fourth-order valence-electron chi connectivity index (χ4n) is 4.66. The molecule has 0 spiro atoms. The average molecular weight is 528 g/mol. The summed E-state index contributed by atoms with van der Waals surface area (Å²) in [4.78, 5) is 35.5. The molecule has 0 aliphatic carbocycles. The molecule has 2 atom stereocenters. The second-order valence-corrected chi connectivity index (χ2v) is 9.56. The molecule has 12 heteroatoms. The Kier molecular flexibility index (Phi) is 7.07. The number of piperazine rings is 1. The molecule has 0 radical (unpaired) electrons. The van der Waals surface area contributed by atoms with Crippen molar-refractivity contribution in [2.45, 2.75) is 25.9 Å². The van der Waals surface area contributed by atoms with Crippen LogP contribution in [0.3, 0.4) is 0 Å². The molecule has 3 aromatic rings. The maximum Gasteiger partial charge on any atom is 0.356 e. The topological polar surface area (TPSA) is 108 Å². The van der Waals surface area contributed by atoms with E-state index in [0.717, 1.165) is 11.4 Å². The predicted octanol–water partition coefficient (Wildman–Crippen LogP) is 3.36. The molecule has 0 bridgehead atoms. The zero-order valence-electron chi connectivity index (χ0n) is 20.5. The summed E-state index contributed by atoms with van der Waals surface area (Å²) in [5, 5.41) is 9.20. The van der Waals surface area contributed by atoms with Gasteiger partial charge in [-0.2, -0.15) is 4.98 Å². The Balaban J connectivity index is 1.44. The highest BCUT2D eigenvalue weighted by Gasteiger charge is 2.30. The van der Waals surface area contributed by atoms with Crippen LogP contribution < -0.4 is 14.7 Å². The normalized spacial score (nSPS) is 20.3. The van der Waals surface area contributed by atoms with Crippen molar-refractivity contribution in [1.82, 2.24) is 19.9 Å². The van der Waals surface area contributed by atoms with Gasteiger partial charge in [-0.15, -0.1) is 0 Å². The van der Waals surface area contributed by atoms with Gasteiger partial charge in [0.15, 0.2) is 16.7 Å². The van der Waals surface area contributed by atoms with Crippen molar-refractivity contribution in [2.75, 3.05) is 54.1 Å². The van der Waals surface area contributed by atoms with E-state index in [0.29, 0.717) is 56.9 Å². The third kappa shape index (κ3) is 5.28. The van der Waals surface area contributed by atoms with Crippen molar-refractivity contribution in [1.29, 1.82) is 0 Å². The van der Waals surface area contributed by atoms with Crippen molar-refractivity contribution in [3.05, 3.63) is 53.2 Å². The summed E-state index contributed by atoms with van der Waals surface area (Å²) in [6.45, 7) is 7.82. The lowest BCUT2D eigenvalue weighted by Crippen LogP contribution is -2.53. The summed E-state index contributed by atoms with van der Waals surface area (Å²) in [6.07, 6.45) is 1.22. The van der Waals surface area contributed by atoms with Crippen molar-refractivity contribution < 1.29 is 19.0 Å². The number of anilines is 3. The minimum atomic E-state index is -1.18. The minimum absolute atomic E-state index is 0.0247. The van der Waals surface area contributed by atoms with E-state index in [2.05, 4.69) is 33.6 Å². The number of ether oxygens (including phenoxy) is 1. The SMILES string of the molecule is CC1CN(c2ncc(C(=O)O)nc2Cl)CCN1c1cc(-c2ccc(F)cc2)nc(N2CCOCC2C)n1. The summed E-state index contributed by atoms with van der Waals surface area (Å²) in [6, 6.07) is 8.37. The lowest BCUT2D eigenvalue weighted by atomic mass is 10.1. The number of halogens is 2. The Labute approximate surface area is 218 Å². The summed E-state index contributed by atoms with van der Waals surface area (Å²) < 4.78 is 19.2. The van der Waals surface area contributed by atoms with Crippen LogP contribution in [0.15, 0.2) is 36.5 Å². The molecule has 1 N–H and O–H groups in total. The molecule has 37 heavy (non-hydrogen) atoms. The standard InChI is InChI=1S/C25H27ClFN7O3/c1-15-13-32(23-22(26)29-20(12-28-23)24(35)36)7-8-33(15)21-11-19(17-3-5-18(27)6-4-17)30-25(31-21)34-9-10-37-14-16(34)2/h3-6,11-12,15-16H,7-10,13-14H2,1-2H3,(H,35,36). The van der Waals surface area contributed by atoms with Crippen LogP contribution >= 0.6 is 11.6 Å². The molecule has 10 nitrogen and oxygen atoms in total. The van der Waals surface area contributed by atoms with Crippen LogP contribution in [0.2, 0.25) is 5.15 Å². The molecule has 0 saturated carbocycles. The van der Waals surface area contributed by atoms with Crippen LogP contribution in [-0.4, -0.2) is 82.5 Å². The van der Waals surface area contributed by atoms with E-state index in [4.69, 9.17) is 31.4 Å². The number of benzene rings is 1. The van der Waals surface area contributed by atoms with Gasteiger partial charge in [0.1, 0.15) is 11.6 Å². The zero-order chi connectivity index (χ0) is 26.1. The maximum absolute atomic E-state index is 13.6. The van der Waals surface area contributed by atoms with Gasteiger partial charge in [-0.25, -0.2) is 24.1 Å². The molecule has 2 saturated heterocycles. The van der Waals surface area contributed by atoms with E-state index >= 15 is 0 Å². The van der Waals surface area contributed by atoms with Crippen LogP contribution in [0.25, 0.3) is 11.3 Å². The van der Waals surface area contributed by atoms with Crippen LogP contribution in [0, 0.1) is 5.82 Å². The van der Waals surface area contributed by atoms with Gasteiger partial charge >= 0.3 is 5.97 Å². The van der Waals surface area contributed by atoms with Gasteiger partial charge in [0.2, 0.25) is 5.95 Å². The van der Waals surface area contributed by atoms with Gasteiger partial charge in [0.05, 0.1) is 31.1 Å². The molecule has 5 rings (SSSR count). The third-order valence-electron chi connectivity index (χ3n) is 6.62. The second kappa shape index (κ2) is 10.4. The molecule has 2 aliphatic rings. The number of nitrogens with zero attached hydrogens (tertiary/aromatic N) is 7. The first kappa shape index (κ1) is 25.1. The van der Waals surface area contributed by atoms with Gasteiger partial charge in [-0.1, -0.05) is 11.6 Å². The first-order valence-corrected chi connectivity index (χ1v) is 12.4. The lowest BCUT2D eigenvalue weighted by molar-refractivity contribution is 0.0690. The fourth-order valence-corrected chi connectivity index (χ4v) is 4.92. The van der Waals surface area contributed by atoms with E-state index in [1.54, 1.807) is 12.1 Å². The Hall–Kier alpha value is -3.57. The number of rotatable bonds is 5. The quantitative estimate of drug-likeness (QED) is 0.530. The smallest absolute Gasteiger partial charge is 0.356 e. The molecule has 194 valence electrons. The summed E-state index contributed by atoms with van der Waals surface area (Å²) in [5.41, 5.74) is 1.32. The molecule has 2 aliphatic heterocycles. The number of carboxylic acids is 1. The maximum atomic E-state index is 13.6. The number of hydrogen-bond acceptors (Lipinski definition) is 9. The average Bonchev–Trinajstić information content (AvgIpc) is 2.89. The van der Waals surface area contributed by atoms with Crippen molar-refractivity contribution in [2.24, 2.45) is 0 Å². The number of aromatic nitrogens is 4. The molecule has 1 aromatic carbocycles. The molecular formula is C25H27ClFN7O3. The lowest BCUT2D eigenvalue weighted by Gasteiger charge is -2.41. The predicted molar refractivity (Wildman–Crippen MR) is 138 cm³/mol. The zero-order valence-corrected chi connectivity index (χ0v) is 21.3. The van der Waals surface area contributed by atoms with E-state index in [1.165, 1.54) is 18.3 Å².